The van der Waals surface area contributed by atoms with Crippen LogP contribution < -0.4 is 5.73 Å². The van der Waals surface area contributed by atoms with Crippen molar-refractivity contribution in [3.8, 4) is 0 Å². The van der Waals surface area contributed by atoms with Gasteiger partial charge >= 0.3 is 0 Å². The Morgan fingerprint density at radius 1 is 1.10 bits per heavy atom. The minimum Gasteiger partial charge on any atom is -0.382 e. The Morgan fingerprint density at radius 3 is 2.67 bits per heavy atom. The van der Waals surface area contributed by atoms with Gasteiger partial charge in [-0.1, -0.05) is 30.3 Å². The lowest BCUT2D eigenvalue weighted by Crippen LogP contribution is -2.35. The molecule has 1 saturated carbocycles. The first-order valence-corrected chi connectivity index (χ1v) is 8.18. The van der Waals surface area contributed by atoms with Gasteiger partial charge in [0.25, 0.3) is 0 Å². The van der Waals surface area contributed by atoms with E-state index < -0.39 is 0 Å². The Labute approximate surface area is 128 Å². The molecule has 1 fully saturated rings. The largest absolute Gasteiger partial charge is 0.382 e. The molecule has 1 aliphatic rings. The van der Waals surface area contributed by atoms with Crippen LogP contribution in [0.3, 0.4) is 0 Å². The van der Waals surface area contributed by atoms with Gasteiger partial charge in [0, 0.05) is 19.8 Å². The standard InChI is InChI=1S/C18H29NO2/c1-20-12-13-21-11-5-8-17-14-16(9-10-18(17)19)15-6-3-2-4-7-15/h2-4,6-7,16-18H,5,8-14,19H2,1H3. The Bertz CT molecular complexity index is 382. The van der Waals surface area contributed by atoms with E-state index in [1.807, 2.05) is 0 Å². The van der Waals surface area contributed by atoms with Gasteiger partial charge in [0.1, 0.15) is 0 Å². The number of hydrogen-bond donors (Lipinski definition) is 1. The van der Waals surface area contributed by atoms with Crippen molar-refractivity contribution < 1.29 is 9.47 Å². The van der Waals surface area contributed by atoms with E-state index in [2.05, 4.69) is 30.3 Å². The maximum absolute atomic E-state index is 6.32. The molecule has 1 aromatic rings. The smallest absolute Gasteiger partial charge is 0.0700 e. The molecule has 0 saturated heterocycles. The van der Waals surface area contributed by atoms with Crippen LogP contribution in [0.2, 0.25) is 0 Å². The summed E-state index contributed by atoms with van der Waals surface area (Å²) in [7, 11) is 1.70. The second kappa shape index (κ2) is 9.19. The highest BCUT2D eigenvalue weighted by Crippen LogP contribution is 2.37. The summed E-state index contributed by atoms with van der Waals surface area (Å²) in [4.78, 5) is 0. The normalized spacial score (nSPS) is 25.9. The summed E-state index contributed by atoms with van der Waals surface area (Å²) in [6.07, 6.45) is 5.88. The zero-order chi connectivity index (χ0) is 14.9. The molecule has 3 atom stereocenters. The van der Waals surface area contributed by atoms with Crippen molar-refractivity contribution in [1.29, 1.82) is 0 Å². The van der Waals surface area contributed by atoms with E-state index >= 15 is 0 Å². The quantitative estimate of drug-likeness (QED) is 0.747. The third kappa shape index (κ3) is 5.42. The first kappa shape index (κ1) is 16.5. The molecule has 2 N–H and O–H groups in total. The summed E-state index contributed by atoms with van der Waals surface area (Å²) in [5, 5.41) is 0. The maximum Gasteiger partial charge on any atom is 0.0700 e. The molecular formula is C18H29NO2. The lowest BCUT2D eigenvalue weighted by Gasteiger charge is -2.34. The summed E-state index contributed by atoms with van der Waals surface area (Å²) in [6.45, 7) is 2.20. The zero-order valence-corrected chi connectivity index (χ0v) is 13.2. The molecule has 118 valence electrons. The predicted molar refractivity (Wildman–Crippen MR) is 86.4 cm³/mol. The topological polar surface area (TPSA) is 44.5 Å². The van der Waals surface area contributed by atoms with Gasteiger partial charge in [0.15, 0.2) is 0 Å². The number of hydrogen-bond acceptors (Lipinski definition) is 3. The van der Waals surface area contributed by atoms with Crippen molar-refractivity contribution in [2.75, 3.05) is 26.9 Å². The number of methoxy groups -OCH3 is 1. The van der Waals surface area contributed by atoms with Crippen LogP contribution in [-0.2, 0) is 9.47 Å². The molecule has 1 aromatic carbocycles. The van der Waals surface area contributed by atoms with Crippen LogP contribution in [0.25, 0.3) is 0 Å². The van der Waals surface area contributed by atoms with Crippen molar-refractivity contribution in [1.82, 2.24) is 0 Å². The van der Waals surface area contributed by atoms with Gasteiger partial charge in [-0.05, 0) is 49.5 Å². The maximum atomic E-state index is 6.32. The van der Waals surface area contributed by atoms with Gasteiger partial charge in [0.2, 0.25) is 0 Å². The fourth-order valence-corrected chi connectivity index (χ4v) is 3.34. The van der Waals surface area contributed by atoms with Crippen molar-refractivity contribution in [3.63, 3.8) is 0 Å². The van der Waals surface area contributed by atoms with E-state index in [-0.39, 0.29) is 0 Å². The van der Waals surface area contributed by atoms with E-state index in [4.69, 9.17) is 15.2 Å². The van der Waals surface area contributed by atoms with Crippen LogP contribution in [-0.4, -0.2) is 33.0 Å². The summed E-state index contributed by atoms with van der Waals surface area (Å²) < 4.78 is 10.5. The molecule has 0 radical (unpaired) electrons. The summed E-state index contributed by atoms with van der Waals surface area (Å²) in [5.41, 5.74) is 7.80. The number of ether oxygens (including phenoxy) is 2. The van der Waals surface area contributed by atoms with E-state index in [0.29, 0.717) is 31.1 Å². The van der Waals surface area contributed by atoms with Crippen LogP contribution in [0.5, 0.6) is 0 Å². The fourth-order valence-electron chi connectivity index (χ4n) is 3.34. The van der Waals surface area contributed by atoms with Gasteiger partial charge < -0.3 is 15.2 Å². The monoisotopic (exact) mass is 291 g/mol. The number of rotatable bonds is 8. The lowest BCUT2D eigenvalue weighted by molar-refractivity contribution is 0.0657. The van der Waals surface area contributed by atoms with Gasteiger partial charge in [0.05, 0.1) is 13.2 Å². The summed E-state index contributed by atoms with van der Waals surface area (Å²) in [5.74, 6) is 1.32. The predicted octanol–water partition coefficient (Wildman–Crippen LogP) is 3.34. The second-order valence-corrected chi connectivity index (χ2v) is 6.09. The molecule has 2 rings (SSSR count). The molecule has 1 aliphatic carbocycles. The lowest BCUT2D eigenvalue weighted by atomic mass is 9.74. The van der Waals surface area contributed by atoms with Crippen LogP contribution in [0.15, 0.2) is 30.3 Å². The summed E-state index contributed by atoms with van der Waals surface area (Å²) in [6, 6.07) is 11.3. The second-order valence-electron chi connectivity index (χ2n) is 6.09. The van der Waals surface area contributed by atoms with Gasteiger partial charge in [-0.15, -0.1) is 0 Å². The van der Waals surface area contributed by atoms with Crippen LogP contribution in [0.1, 0.15) is 43.6 Å². The molecular weight excluding hydrogens is 262 g/mol. The summed E-state index contributed by atoms with van der Waals surface area (Å²) >= 11 is 0. The van der Waals surface area contributed by atoms with E-state index in [1.165, 1.54) is 24.8 Å². The molecule has 0 aromatic heterocycles. The zero-order valence-electron chi connectivity index (χ0n) is 13.2. The fraction of sp³-hybridized carbons (Fsp3) is 0.667. The van der Waals surface area contributed by atoms with E-state index in [0.717, 1.165) is 19.4 Å². The Hall–Kier alpha value is -0.900. The van der Waals surface area contributed by atoms with E-state index in [9.17, 15) is 0 Å². The molecule has 3 unspecified atom stereocenters. The van der Waals surface area contributed by atoms with Crippen molar-refractivity contribution in [3.05, 3.63) is 35.9 Å². The molecule has 0 heterocycles. The third-order valence-corrected chi connectivity index (χ3v) is 4.61. The average molecular weight is 291 g/mol. The number of benzene rings is 1. The SMILES string of the molecule is COCCOCCCC1CC(c2ccccc2)CCC1N. The van der Waals surface area contributed by atoms with Crippen molar-refractivity contribution in [2.45, 2.75) is 44.1 Å². The third-order valence-electron chi connectivity index (χ3n) is 4.61. The average Bonchev–Trinajstić information content (AvgIpc) is 2.53. The van der Waals surface area contributed by atoms with Gasteiger partial charge in [-0.2, -0.15) is 0 Å². The Morgan fingerprint density at radius 2 is 1.90 bits per heavy atom. The minimum absolute atomic E-state index is 0.365. The molecule has 0 amide bonds. The van der Waals surface area contributed by atoms with Gasteiger partial charge in [-0.25, -0.2) is 0 Å². The molecule has 0 bridgehead atoms. The molecule has 3 nitrogen and oxygen atoms in total. The Balaban J connectivity index is 1.74. The van der Waals surface area contributed by atoms with Crippen LogP contribution in [0.4, 0.5) is 0 Å². The molecule has 0 spiro atoms. The highest BCUT2D eigenvalue weighted by atomic mass is 16.5. The molecule has 3 heteroatoms. The minimum atomic E-state index is 0.365. The van der Waals surface area contributed by atoms with Gasteiger partial charge in [-0.3, -0.25) is 0 Å². The van der Waals surface area contributed by atoms with Crippen LogP contribution in [0, 0.1) is 5.92 Å². The highest BCUT2D eigenvalue weighted by molar-refractivity contribution is 5.20. The molecule has 0 aliphatic heterocycles. The van der Waals surface area contributed by atoms with Crippen molar-refractivity contribution >= 4 is 0 Å². The first-order chi connectivity index (χ1) is 10.3. The van der Waals surface area contributed by atoms with Crippen molar-refractivity contribution in [2.24, 2.45) is 11.7 Å². The number of nitrogens with two attached hydrogens (primary N) is 1. The highest BCUT2D eigenvalue weighted by Gasteiger charge is 2.28. The molecule has 21 heavy (non-hydrogen) atoms. The Kier molecular flexibility index (Phi) is 7.20. The van der Waals surface area contributed by atoms with E-state index in [1.54, 1.807) is 7.11 Å². The first-order valence-electron chi connectivity index (χ1n) is 8.18. The van der Waals surface area contributed by atoms with Crippen LogP contribution >= 0.6 is 0 Å².